The Kier molecular flexibility index (Phi) is 4.88. The van der Waals surface area contributed by atoms with Crippen molar-refractivity contribution in [2.45, 2.75) is 13.0 Å². The molecule has 1 aliphatic heterocycles. The molecule has 0 N–H and O–H groups in total. The molecule has 1 saturated heterocycles. The number of imidazole rings is 2. The van der Waals surface area contributed by atoms with Crippen molar-refractivity contribution < 1.29 is 4.74 Å². The van der Waals surface area contributed by atoms with Crippen LogP contribution in [0.5, 0.6) is 0 Å². The van der Waals surface area contributed by atoms with Gasteiger partial charge < -0.3 is 18.8 Å². The Hall–Kier alpha value is -3.70. The predicted molar refractivity (Wildman–Crippen MR) is 119 cm³/mol. The Balaban J connectivity index is 1.55. The molecule has 0 amide bonds. The van der Waals surface area contributed by atoms with Gasteiger partial charge in [-0.1, -0.05) is 30.3 Å². The molecule has 156 valence electrons. The maximum absolute atomic E-state index is 5.59. The van der Waals surface area contributed by atoms with Crippen molar-refractivity contribution in [3.8, 4) is 23.1 Å². The molecular weight excluding hydrogens is 390 g/mol. The standard InChI is InChI=1S/C23H23N7O/c1-16-14-31-12-11-30(16)23-21-22(29(3)15-24-21)26-19(27-23)9-10-20-25-18(13-28(20)2)17-7-5-4-6-8-17/h4-8,13,15-16H,11-12,14H2,1-3H3/t16-/m1/s1. The van der Waals surface area contributed by atoms with Crippen LogP contribution in [0.4, 0.5) is 5.82 Å². The fourth-order valence-electron chi connectivity index (χ4n) is 3.73. The van der Waals surface area contributed by atoms with E-state index in [1.807, 2.05) is 59.8 Å². The van der Waals surface area contributed by atoms with E-state index in [1.165, 1.54) is 0 Å². The van der Waals surface area contributed by atoms with Crippen molar-refractivity contribution >= 4 is 17.0 Å². The van der Waals surface area contributed by atoms with Crippen LogP contribution in [0, 0.1) is 11.8 Å². The van der Waals surface area contributed by atoms with Gasteiger partial charge >= 0.3 is 0 Å². The molecule has 4 heterocycles. The minimum atomic E-state index is 0.206. The SMILES string of the molecule is C[C@@H]1COCCN1c1nc(C#Cc2nc(-c3ccccc3)cn2C)nc2c1ncn2C. The second kappa shape index (κ2) is 7.85. The van der Waals surface area contributed by atoms with E-state index in [9.17, 15) is 0 Å². The zero-order valence-electron chi connectivity index (χ0n) is 17.8. The van der Waals surface area contributed by atoms with Crippen LogP contribution in [0.2, 0.25) is 0 Å². The molecule has 1 atom stereocenters. The molecule has 5 rings (SSSR count). The van der Waals surface area contributed by atoms with E-state index in [4.69, 9.17) is 9.72 Å². The average molecular weight is 413 g/mol. The number of benzene rings is 1. The number of aryl methyl sites for hydroxylation is 2. The molecule has 31 heavy (non-hydrogen) atoms. The van der Waals surface area contributed by atoms with Crippen molar-refractivity contribution in [2.75, 3.05) is 24.7 Å². The number of anilines is 1. The molecule has 0 unspecified atom stereocenters. The first-order chi connectivity index (χ1) is 15.1. The van der Waals surface area contributed by atoms with E-state index in [-0.39, 0.29) is 6.04 Å². The lowest BCUT2D eigenvalue weighted by molar-refractivity contribution is 0.0986. The summed E-state index contributed by atoms with van der Waals surface area (Å²) in [5, 5.41) is 0. The molecule has 0 saturated carbocycles. The van der Waals surface area contributed by atoms with Gasteiger partial charge in [0, 0.05) is 32.4 Å². The van der Waals surface area contributed by atoms with Gasteiger partial charge in [-0.05, 0) is 18.8 Å². The number of nitrogens with zero attached hydrogens (tertiary/aromatic N) is 7. The Morgan fingerprint density at radius 1 is 1.03 bits per heavy atom. The third kappa shape index (κ3) is 3.64. The summed E-state index contributed by atoms with van der Waals surface area (Å²) in [5.74, 6) is 8.17. The third-order valence-corrected chi connectivity index (χ3v) is 5.41. The highest BCUT2D eigenvalue weighted by Gasteiger charge is 2.24. The van der Waals surface area contributed by atoms with Crippen LogP contribution in [0.15, 0.2) is 42.9 Å². The highest BCUT2D eigenvalue weighted by molar-refractivity contribution is 5.84. The largest absolute Gasteiger partial charge is 0.377 e. The number of aromatic nitrogens is 6. The van der Waals surface area contributed by atoms with Crippen LogP contribution in [0.25, 0.3) is 22.4 Å². The lowest BCUT2D eigenvalue weighted by atomic mass is 10.2. The fraction of sp³-hybridized carbons (Fsp3) is 0.304. The molecule has 0 radical (unpaired) electrons. The number of ether oxygens (including phenoxy) is 1. The first-order valence-corrected chi connectivity index (χ1v) is 10.2. The third-order valence-electron chi connectivity index (χ3n) is 5.41. The maximum Gasteiger partial charge on any atom is 0.209 e. The molecule has 1 fully saturated rings. The predicted octanol–water partition coefficient (Wildman–Crippen LogP) is 2.39. The summed E-state index contributed by atoms with van der Waals surface area (Å²) in [6.07, 6.45) is 3.74. The Morgan fingerprint density at radius 3 is 2.68 bits per heavy atom. The molecule has 1 aromatic carbocycles. The van der Waals surface area contributed by atoms with Gasteiger partial charge in [-0.25, -0.2) is 19.9 Å². The van der Waals surface area contributed by atoms with Gasteiger partial charge in [-0.15, -0.1) is 0 Å². The Labute approximate surface area is 180 Å². The molecule has 1 aliphatic rings. The number of fused-ring (bicyclic) bond motifs is 1. The summed E-state index contributed by atoms with van der Waals surface area (Å²) in [6.45, 7) is 4.21. The van der Waals surface area contributed by atoms with Gasteiger partial charge in [0.1, 0.15) is 0 Å². The van der Waals surface area contributed by atoms with E-state index >= 15 is 0 Å². The van der Waals surface area contributed by atoms with E-state index in [0.717, 1.165) is 34.8 Å². The second-order valence-corrected chi connectivity index (χ2v) is 7.69. The number of morpholine rings is 1. The van der Waals surface area contributed by atoms with Crippen molar-refractivity contribution in [1.82, 2.24) is 29.1 Å². The van der Waals surface area contributed by atoms with Gasteiger partial charge in [0.25, 0.3) is 0 Å². The summed E-state index contributed by atoms with van der Waals surface area (Å²) in [5.41, 5.74) is 3.49. The van der Waals surface area contributed by atoms with Gasteiger partial charge in [-0.2, -0.15) is 0 Å². The molecule has 0 aliphatic carbocycles. The van der Waals surface area contributed by atoms with Crippen LogP contribution >= 0.6 is 0 Å². The van der Waals surface area contributed by atoms with Gasteiger partial charge in [-0.3, -0.25) is 0 Å². The number of hydrogen-bond acceptors (Lipinski definition) is 6. The summed E-state index contributed by atoms with van der Waals surface area (Å²) in [4.78, 5) is 20.8. The van der Waals surface area contributed by atoms with Crippen LogP contribution in [0.1, 0.15) is 18.6 Å². The van der Waals surface area contributed by atoms with Gasteiger partial charge in [0.05, 0.1) is 31.3 Å². The van der Waals surface area contributed by atoms with E-state index in [1.54, 1.807) is 6.33 Å². The zero-order valence-corrected chi connectivity index (χ0v) is 17.8. The Bertz CT molecular complexity index is 1300. The molecule has 0 bridgehead atoms. The first-order valence-electron chi connectivity index (χ1n) is 10.2. The first kappa shape index (κ1) is 19.3. The quantitative estimate of drug-likeness (QED) is 0.470. The molecule has 8 nitrogen and oxygen atoms in total. The molecule has 8 heteroatoms. The lowest BCUT2D eigenvalue weighted by Gasteiger charge is -2.34. The minimum Gasteiger partial charge on any atom is -0.377 e. The summed E-state index contributed by atoms with van der Waals surface area (Å²) >= 11 is 0. The monoisotopic (exact) mass is 413 g/mol. The van der Waals surface area contributed by atoms with Gasteiger partial charge in [0.2, 0.25) is 5.82 Å². The number of rotatable bonds is 2. The van der Waals surface area contributed by atoms with Gasteiger partial charge in [0.15, 0.2) is 22.8 Å². The molecular formula is C23H23N7O. The van der Waals surface area contributed by atoms with Crippen LogP contribution in [-0.2, 0) is 18.8 Å². The van der Waals surface area contributed by atoms with Crippen LogP contribution in [0.3, 0.4) is 0 Å². The second-order valence-electron chi connectivity index (χ2n) is 7.69. The normalized spacial score (nSPS) is 16.4. The number of hydrogen-bond donors (Lipinski definition) is 0. The topological polar surface area (TPSA) is 73.9 Å². The van der Waals surface area contributed by atoms with Crippen molar-refractivity contribution in [3.05, 3.63) is 54.5 Å². The van der Waals surface area contributed by atoms with Crippen molar-refractivity contribution in [3.63, 3.8) is 0 Å². The highest BCUT2D eigenvalue weighted by Crippen LogP contribution is 2.25. The van der Waals surface area contributed by atoms with E-state index in [2.05, 4.69) is 38.6 Å². The van der Waals surface area contributed by atoms with Crippen LogP contribution < -0.4 is 4.90 Å². The molecule has 4 aromatic rings. The smallest absolute Gasteiger partial charge is 0.209 e. The summed E-state index contributed by atoms with van der Waals surface area (Å²) in [6, 6.07) is 10.3. The van der Waals surface area contributed by atoms with Crippen molar-refractivity contribution in [1.29, 1.82) is 0 Å². The summed E-state index contributed by atoms with van der Waals surface area (Å²) in [7, 11) is 3.87. The minimum absolute atomic E-state index is 0.206. The summed E-state index contributed by atoms with van der Waals surface area (Å²) < 4.78 is 9.40. The zero-order chi connectivity index (χ0) is 21.4. The van der Waals surface area contributed by atoms with E-state index < -0.39 is 0 Å². The fourth-order valence-corrected chi connectivity index (χ4v) is 3.73. The molecule has 3 aromatic heterocycles. The van der Waals surface area contributed by atoms with Crippen molar-refractivity contribution in [2.24, 2.45) is 14.1 Å². The highest BCUT2D eigenvalue weighted by atomic mass is 16.5. The average Bonchev–Trinajstić information content (AvgIpc) is 3.35. The maximum atomic E-state index is 5.59. The van der Waals surface area contributed by atoms with E-state index in [0.29, 0.717) is 24.9 Å². The lowest BCUT2D eigenvalue weighted by Crippen LogP contribution is -2.44. The van der Waals surface area contributed by atoms with Crippen LogP contribution in [-0.4, -0.2) is 54.9 Å². The Morgan fingerprint density at radius 2 is 1.87 bits per heavy atom. The molecule has 0 spiro atoms.